The van der Waals surface area contributed by atoms with Crippen LogP contribution in [0.15, 0.2) is 48.5 Å². The van der Waals surface area contributed by atoms with Crippen LogP contribution in [0.3, 0.4) is 0 Å². The Kier molecular flexibility index (Phi) is 7.06. The molecule has 0 spiro atoms. The number of thiazole rings is 1. The molecule has 0 unspecified atom stereocenters. The van der Waals surface area contributed by atoms with Gasteiger partial charge in [-0.2, -0.15) is 0 Å². The summed E-state index contributed by atoms with van der Waals surface area (Å²) in [5, 5.41) is 6.52. The summed E-state index contributed by atoms with van der Waals surface area (Å²) in [7, 11) is 1.59. The number of carbonyl (C=O) groups is 2. The van der Waals surface area contributed by atoms with Gasteiger partial charge in [0.15, 0.2) is 10.8 Å². The molecule has 172 valence electrons. The molecular formula is C23H24N4O5S. The van der Waals surface area contributed by atoms with Crippen LogP contribution in [0.4, 0.5) is 15.8 Å². The van der Waals surface area contributed by atoms with E-state index in [4.69, 9.17) is 19.9 Å². The predicted molar refractivity (Wildman–Crippen MR) is 126 cm³/mol. The zero-order valence-corrected chi connectivity index (χ0v) is 18.8. The normalized spacial score (nSPS) is 13.8. The number of nitrogens with one attached hydrogen (secondary N) is 2. The van der Waals surface area contributed by atoms with E-state index in [-0.39, 0.29) is 22.7 Å². The van der Waals surface area contributed by atoms with Crippen LogP contribution in [-0.4, -0.2) is 43.2 Å². The quantitative estimate of drug-likeness (QED) is 0.459. The van der Waals surface area contributed by atoms with Crippen LogP contribution < -0.4 is 25.8 Å². The maximum Gasteiger partial charge on any atom is 0.270 e. The molecule has 0 bridgehead atoms. The summed E-state index contributed by atoms with van der Waals surface area (Å²) in [5.74, 6) is 0.300. The fourth-order valence-electron chi connectivity index (χ4n) is 3.27. The Hall–Kier alpha value is -3.63. The van der Waals surface area contributed by atoms with E-state index >= 15 is 0 Å². The number of benzene rings is 2. The largest absolute Gasteiger partial charge is 0.497 e. The number of primary amides is 1. The molecule has 0 radical (unpaired) electrons. The molecule has 4 N–H and O–H groups in total. The van der Waals surface area contributed by atoms with Crippen LogP contribution in [0.5, 0.6) is 11.5 Å². The number of methoxy groups -OCH3 is 1. The maximum atomic E-state index is 12.8. The Morgan fingerprint density at radius 1 is 1.06 bits per heavy atom. The van der Waals surface area contributed by atoms with Crippen molar-refractivity contribution in [2.45, 2.75) is 18.9 Å². The zero-order valence-electron chi connectivity index (χ0n) is 18.0. The second kappa shape index (κ2) is 10.3. The van der Waals surface area contributed by atoms with Crippen LogP contribution in [0, 0.1) is 0 Å². The number of ether oxygens (including phenoxy) is 3. The third kappa shape index (κ3) is 5.79. The van der Waals surface area contributed by atoms with E-state index in [1.165, 1.54) is 0 Å². The molecule has 9 nitrogen and oxygen atoms in total. The van der Waals surface area contributed by atoms with Gasteiger partial charge in [0.25, 0.3) is 11.8 Å². The molecule has 2 aromatic carbocycles. The molecule has 0 saturated carbocycles. The van der Waals surface area contributed by atoms with Gasteiger partial charge in [0, 0.05) is 24.1 Å². The molecule has 4 rings (SSSR count). The number of aromatic nitrogens is 1. The molecule has 0 atom stereocenters. The van der Waals surface area contributed by atoms with E-state index in [1.54, 1.807) is 43.5 Å². The van der Waals surface area contributed by atoms with Crippen molar-refractivity contribution in [3.05, 3.63) is 59.8 Å². The summed E-state index contributed by atoms with van der Waals surface area (Å²) >= 11 is 1.12. The van der Waals surface area contributed by atoms with Gasteiger partial charge < -0.3 is 30.6 Å². The Balaban J connectivity index is 1.43. The minimum absolute atomic E-state index is 0.0103. The van der Waals surface area contributed by atoms with Crippen LogP contribution >= 0.6 is 11.3 Å². The lowest BCUT2D eigenvalue weighted by Crippen LogP contribution is -2.25. The number of carbonyl (C=O) groups excluding carboxylic acids is 2. The molecular weight excluding hydrogens is 444 g/mol. The van der Waals surface area contributed by atoms with E-state index in [0.717, 1.165) is 35.6 Å². The molecule has 1 fully saturated rings. The molecule has 1 aliphatic rings. The van der Waals surface area contributed by atoms with Crippen LogP contribution in [-0.2, 0) is 4.74 Å². The molecule has 2 heterocycles. The van der Waals surface area contributed by atoms with Gasteiger partial charge in [0.05, 0.1) is 20.3 Å². The lowest BCUT2D eigenvalue weighted by atomic mass is 10.1. The van der Waals surface area contributed by atoms with E-state index in [1.807, 2.05) is 12.1 Å². The van der Waals surface area contributed by atoms with Crippen molar-refractivity contribution in [1.82, 2.24) is 4.98 Å². The summed E-state index contributed by atoms with van der Waals surface area (Å²) in [6.07, 6.45) is 1.80. The number of hydrogen-bond donors (Lipinski definition) is 3. The molecule has 10 heteroatoms. The van der Waals surface area contributed by atoms with Gasteiger partial charge in [0.1, 0.15) is 22.6 Å². The number of rotatable bonds is 8. The van der Waals surface area contributed by atoms with Gasteiger partial charge in [-0.05, 0) is 48.5 Å². The number of nitrogens with two attached hydrogens (primary N) is 1. The standard InChI is InChI=1S/C23H24N4O5S/c1-30-16-8-4-15(5-9-16)25-23-26-19(20(24)28)22(33-23)27-21(29)14-2-6-17(7-3-14)32-18-10-12-31-13-11-18/h2-9,18H,10-13H2,1H3,(H2,24,28)(H,25,26)(H,27,29). The Morgan fingerprint density at radius 2 is 1.73 bits per heavy atom. The highest BCUT2D eigenvalue weighted by atomic mass is 32.1. The number of hydrogen-bond acceptors (Lipinski definition) is 8. The third-order valence-electron chi connectivity index (χ3n) is 5.02. The third-order valence-corrected chi connectivity index (χ3v) is 5.90. The van der Waals surface area contributed by atoms with Crippen LogP contribution in [0.25, 0.3) is 0 Å². The van der Waals surface area contributed by atoms with Gasteiger partial charge in [-0.1, -0.05) is 11.3 Å². The molecule has 0 aliphatic carbocycles. The number of anilines is 3. The first-order chi connectivity index (χ1) is 16.0. The summed E-state index contributed by atoms with van der Waals surface area (Å²) < 4.78 is 16.4. The molecule has 1 aromatic heterocycles. The number of nitrogens with zero attached hydrogens (tertiary/aromatic N) is 1. The second-order valence-electron chi connectivity index (χ2n) is 7.32. The fraction of sp³-hybridized carbons (Fsp3) is 0.261. The maximum absolute atomic E-state index is 12.8. The van der Waals surface area contributed by atoms with E-state index in [2.05, 4.69) is 15.6 Å². The van der Waals surface area contributed by atoms with Crippen molar-refractivity contribution < 1.29 is 23.8 Å². The Bertz CT molecular complexity index is 1110. The average Bonchev–Trinajstić information content (AvgIpc) is 3.23. The minimum atomic E-state index is -0.732. The average molecular weight is 469 g/mol. The van der Waals surface area contributed by atoms with Gasteiger partial charge in [-0.25, -0.2) is 4.98 Å². The van der Waals surface area contributed by atoms with Crippen LogP contribution in [0.1, 0.15) is 33.7 Å². The summed E-state index contributed by atoms with van der Waals surface area (Å²) in [5.41, 5.74) is 6.62. The lowest BCUT2D eigenvalue weighted by molar-refractivity contribution is 0.0255. The van der Waals surface area contributed by atoms with Crippen molar-refractivity contribution >= 4 is 39.0 Å². The summed E-state index contributed by atoms with van der Waals surface area (Å²) in [4.78, 5) is 28.9. The number of amides is 2. The highest BCUT2D eigenvalue weighted by molar-refractivity contribution is 7.20. The first-order valence-corrected chi connectivity index (χ1v) is 11.2. The Labute approximate surface area is 194 Å². The van der Waals surface area contributed by atoms with Crippen LogP contribution in [0.2, 0.25) is 0 Å². The van der Waals surface area contributed by atoms with Crippen molar-refractivity contribution in [3.8, 4) is 11.5 Å². The van der Waals surface area contributed by atoms with E-state index < -0.39 is 5.91 Å². The highest BCUT2D eigenvalue weighted by Gasteiger charge is 2.20. The predicted octanol–water partition coefficient (Wildman–Crippen LogP) is 3.80. The molecule has 1 aliphatic heterocycles. The highest BCUT2D eigenvalue weighted by Crippen LogP contribution is 2.31. The molecule has 1 saturated heterocycles. The molecule has 2 amide bonds. The van der Waals surface area contributed by atoms with Crippen molar-refractivity contribution in [1.29, 1.82) is 0 Å². The lowest BCUT2D eigenvalue weighted by Gasteiger charge is -2.23. The monoisotopic (exact) mass is 468 g/mol. The van der Waals surface area contributed by atoms with E-state index in [0.29, 0.717) is 29.7 Å². The Morgan fingerprint density at radius 3 is 2.36 bits per heavy atom. The van der Waals surface area contributed by atoms with Gasteiger partial charge in [-0.15, -0.1) is 0 Å². The van der Waals surface area contributed by atoms with Gasteiger partial charge in [0.2, 0.25) is 0 Å². The minimum Gasteiger partial charge on any atom is -0.497 e. The van der Waals surface area contributed by atoms with Crippen molar-refractivity contribution in [2.24, 2.45) is 5.73 Å². The zero-order chi connectivity index (χ0) is 23.2. The molecule has 33 heavy (non-hydrogen) atoms. The first-order valence-electron chi connectivity index (χ1n) is 10.4. The smallest absolute Gasteiger partial charge is 0.270 e. The van der Waals surface area contributed by atoms with Gasteiger partial charge in [-0.3, -0.25) is 9.59 Å². The first kappa shape index (κ1) is 22.6. The van der Waals surface area contributed by atoms with E-state index in [9.17, 15) is 9.59 Å². The fourth-order valence-corrected chi connectivity index (χ4v) is 4.16. The van der Waals surface area contributed by atoms with Crippen molar-refractivity contribution in [3.63, 3.8) is 0 Å². The van der Waals surface area contributed by atoms with Gasteiger partial charge >= 0.3 is 0 Å². The summed E-state index contributed by atoms with van der Waals surface area (Å²) in [6, 6.07) is 14.1. The summed E-state index contributed by atoms with van der Waals surface area (Å²) in [6.45, 7) is 1.38. The second-order valence-corrected chi connectivity index (χ2v) is 8.32. The van der Waals surface area contributed by atoms with Crippen molar-refractivity contribution in [2.75, 3.05) is 31.0 Å². The molecule has 3 aromatic rings. The SMILES string of the molecule is COc1ccc(Nc2nc(C(N)=O)c(NC(=O)c3ccc(OC4CCOCC4)cc3)s2)cc1. The topological polar surface area (TPSA) is 125 Å².